The molecule has 1 fully saturated rings. The van der Waals surface area contributed by atoms with Crippen LogP contribution in [0.3, 0.4) is 0 Å². The minimum atomic E-state index is -0.0635. The van der Waals surface area contributed by atoms with Crippen molar-refractivity contribution < 1.29 is 4.79 Å². The smallest absolute Gasteiger partial charge is 0.318 e. The molecule has 1 N–H and O–H groups in total. The largest absolute Gasteiger partial charge is 0.328 e. The lowest BCUT2D eigenvalue weighted by atomic mass is 10.0. The number of aryl methyl sites for hydroxylation is 1. The van der Waals surface area contributed by atoms with Crippen molar-refractivity contribution in [3.8, 4) is 0 Å². The second-order valence-electron chi connectivity index (χ2n) is 6.00. The summed E-state index contributed by atoms with van der Waals surface area (Å²) in [6.45, 7) is 6.87. The highest BCUT2D eigenvalue weighted by atomic mass is 32.2. The fraction of sp³-hybridized carbons (Fsp3) is 0.786. The molecule has 0 radical (unpaired) electrons. The molecule has 1 aromatic heterocycles. The summed E-state index contributed by atoms with van der Waals surface area (Å²) >= 11 is 1.91. The molecule has 7 heteroatoms. The van der Waals surface area contributed by atoms with Gasteiger partial charge in [-0.3, -0.25) is 0 Å². The van der Waals surface area contributed by atoms with Crippen molar-refractivity contribution in [3.63, 3.8) is 0 Å². The number of hydrogen-bond acceptors (Lipinski definition) is 4. The van der Waals surface area contributed by atoms with E-state index in [2.05, 4.69) is 33.9 Å². The maximum Gasteiger partial charge on any atom is 0.318 e. The Morgan fingerprint density at radius 1 is 1.24 bits per heavy atom. The number of aromatic nitrogens is 3. The van der Waals surface area contributed by atoms with Gasteiger partial charge in [0, 0.05) is 37.6 Å². The lowest BCUT2D eigenvalue weighted by Crippen LogP contribution is -2.46. The molecule has 3 heterocycles. The first-order valence-corrected chi connectivity index (χ1v) is 8.87. The first-order chi connectivity index (χ1) is 10.2. The lowest BCUT2D eigenvalue weighted by Gasteiger charge is -2.30. The van der Waals surface area contributed by atoms with Crippen LogP contribution in [0.5, 0.6) is 0 Å². The van der Waals surface area contributed by atoms with Gasteiger partial charge in [0.05, 0.1) is 6.04 Å². The second kappa shape index (κ2) is 6.25. The van der Waals surface area contributed by atoms with E-state index in [1.54, 1.807) is 0 Å². The van der Waals surface area contributed by atoms with Crippen molar-refractivity contribution in [3.05, 3.63) is 11.6 Å². The van der Waals surface area contributed by atoms with E-state index in [4.69, 9.17) is 0 Å². The number of urea groups is 1. The van der Waals surface area contributed by atoms with E-state index in [1.165, 1.54) is 0 Å². The zero-order chi connectivity index (χ0) is 14.8. The number of carbonyl (C=O) groups excluding carboxylic acids is 1. The predicted molar refractivity (Wildman–Crippen MR) is 83.4 cm³/mol. The van der Waals surface area contributed by atoms with Gasteiger partial charge in [-0.05, 0) is 12.3 Å². The average Bonchev–Trinajstić information content (AvgIpc) is 3.08. The van der Waals surface area contributed by atoms with E-state index >= 15 is 0 Å². The Bertz CT molecular complexity index is 509. The Morgan fingerprint density at radius 2 is 2.00 bits per heavy atom. The Kier molecular flexibility index (Phi) is 4.37. The van der Waals surface area contributed by atoms with E-state index in [9.17, 15) is 4.79 Å². The molecule has 6 nitrogen and oxygen atoms in total. The van der Waals surface area contributed by atoms with E-state index in [0.29, 0.717) is 5.92 Å². The number of thioether (sulfide) groups is 1. The molecular weight excluding hydrogens is 286 g/mol. The van der Waals surface area contributed by atoms with Crippen molar-refractivity contribution in [2.24, 2.45) is 5.92 Å². The second-order valence-corrected chi connectivity index (χ2v) is 7.22. The van der Waals surface area contributed by atoms with Crippen LogP contribution in [0.1, 0.15) is 38.0 Å². The minimum Gasteiger partial charge on any atom is -0.328 e. The van der Waals surface area contributed by atoms with E-state index in [1.807, 2.05) is 16.7 Å². The van der Waals surface area contributed by atoms with Gasteiger partial charge >= 0.3 is 6.03 Å². The molecule has 1 saturated heterocycles. The first-order valence-electron chi connectivity index (χ1n) is 7.72. The van der Waals surface area contributed by atoms with E-state index in [-0.39, 0.29) is 12.1 Å². The van der Waals surface area contributed by atoms with E-state index in [0.717, 1.165) is 55.6 Å². The fourth-order valence-corrected chi connectivity index (χ4v) is 3.83. The highest BCUT2D eigenvalue weighted by Gasteiger charge is 2.29. The monoisotopic (exact) mass is 309 g/mol. The number of fused-ring (bicyclic) bond motifs is 1. The maximum atomic E-state index is 12.5. The number of amides is 2. The van der Waals surface area contributed by atoms with Gasteiger partial charge in [0.25, 0.3) is 0 Å². The van der Waals surface area contributed by atoms with Gasteiger partial charge in [-0.2, -0.15) is 11.8 Å². The molecule has 2 aliphatic rings. The summed E-state index contributed by atoms with van der Waals surface area (Å²) in [6.07, 6.45) is 2.12. The van der Waals surface area contributed by atoms with Crippen LogP contribution in [0, 0.1) is 5.92 Å². The van der Waals surface area contributed by atoms with Crippen LogP contribution in [0.4, 0.5) is 4.79 Å². The molecule has 116 valence electrons. The average molecular weight is 309 g/mol. The predicted octanol–water partition coefficient (Wildman–Crippen LogP) is 1.68. The van der Waals surface area contributed by atoms with Crippen LogP contribution < -0.4 is 5.32 Å². The number of rotatable bonds is 3. The zero-order valence-corrected chi connectivity index (χ0v) is 13.5. The summed E-state index contributed by atoms with van der Waals surface area (Å²) in [5.74, 6) is 4.32. The van der Waals surface area contributed by atoms with Gasteiger partial charge in [-0.25, -0.2) is 4.79 Å². The molecule has 0 saturated carbocycles. The SMILES string of the molecule is CC(C)C(NC(=O)N1CCSCC1)c1nnc2n1CCC2. The van der Waals surface area contributed by atoms with Gasteiger partial charge in [0.1, 0.15) is 5.82 Å². The van der Waals surface area contributed by atoms with Gasteiger partial charge in [-0.1, -0.05) is 13.8 Å². The molecule has 1 atom stereocenters. The third-order valence-electron chi connectivity index (χ3n) is 4.16. The molecule has 0 aliphatic carbocycles. The Balaban J connectivity index is 1.74. The number of nitrogens with zero attached hydrogens (tertiary/aromatic N) is 4. The Labute approximate surface area is 129 Å². The molecule has 21 heavy (non-hydrogen) atoms. The third-order valence-corrected chi connectivity index (χ3v) is 5.10. The van der Waals surface area contributed by atoms with Gasteiger partial charge in [0.15, 0.2) is 5.82 Å². The summed E-state index contributed by atoms with van der Waals surface area (Å²) in [6, 6.07) is -0.0317. The van der Waals surface area contributed by atoms with E-state index < -0.39 is 0 Å². The van der Waals surface area contributed by atoms with Crippen molar-refractivity contribution in [1.29, 1.82) is 0 Å². The fourth-order valence-electron chi connectivity index (χ4n) is 2.92. The Morgan fingerprint density at radius 3 is 2.71 bits per heavy atom. The zero-order valence-electron chi connectivity index (χ0n) is 12.7. The maximum absolute atomic E-state index is 12.5. The topological polar surface area (TPSA) is 63.1 Å². The molecule has 0 spiro atoms. The minimum absolute atomic E-state index is 0.0318. The van der Waals surface area contributed by atoms with Gasteiger partial charge in [-0.15, -0.1) is 10.2 Å². The van der Waals surface area contributed by atoms with Gasteiger partial charge < -0.3 is 14.8 Å². The molecule has 1 aromatic rings. The standard InChI is InChI=1S/C14H23N5OS/c1-10(2)12(13-17-16-11-4-3-5-19(11)13)15-14(20)18-6-8-21-9-7-18/h10,12H,3-9H2,1-2H3,(H,15,20). The summed E-state index contributed by atoms with van der Waals surface area (Å²) in [4.78, 5) is 14.4. The molecule has 2 aliphatic heterocycles. The van der Waals surface area contributed by atoms with Crippen LogP contribution in [0.2, 0.25) is 0 Å². The molecular formula is C14H23N5OS. The molecule has 0 bridgehead atoms. The molecule has 1 unspecified atom stereocenters. The van der Waals surface area contributed by atoms with Crippen LogP contribution in [0.25, 0.3) is 0 Å². The normalized spacial score (nSPS) is 19.7. The number of hydrogen-bond donors (Lipinski definition) is 1. The van der Waals surface area contributed by atoms with Crippen molar-refractivity contribution in [1.82, 2.24) is 25.0 Å². The highest BCUT2D eigenvalue weighted by Crippen LogP contribution is 2.25. The lowest BCUT2D eigenvalue weighted by molar-refractivity contribution is 0.193. The van der Waals surface area contributed by atoms with Crippen molar-refractivity contribution >= 4 is 17.8 Å². The van der Waals surface area contributed by atoms with Gasteiger partial charge in [0.2, 0.25) is 0 Å². The van der Waals surface area contributed by atoms with Crippen LogP contribution in [-0.4, -0.2) is 50.3 Å². The number of nitrogens with one attached hydrogen (secondary N) is 1. The van der Waals surface area contributed by atoms with Crippen LogP contribution in [-0.2, 0) is 13.0 Å². The summed E-state index contributed by atoms with van der Waals surface area (Å²) in [5, 5.41) is 11.8. The van der Waals surface area contributed by atoms with Crippen molar-refractivity contribution in [2.75, 3.05) is 24.6 Å². The highest BCUT2D eigenvalue weighted by molar-refractivity contribution is 7.99. The quantitative estimate of drug-likeness (QED) is 0.923. The molecule has 0 aromatic carbocycles. The van der Waals surface area contributed by atoms with Crippen LogP contribution in [0.15, 0.2) is 0 Å². The summed E-state index contributed by atoms with van der Waals surface area (Å²) in [5.41, 5.74) is 0. The first kappa shape index (κ1) is 14.7. The summed E-state index contributed by atoms with van der Waals surface area (Å²) in [7, 11) is 0. The summed E-state index contributed by atoms with van der Waals surface area (Å²) < 4.78 is 2.18. The third kappa shape index (κ3) is 3.02. The molecule has 2 amide bonds. The Hall–Kier alpha value is -1.24. The number of carbonyl (C=O) groups is 1. The van der Waals surface area contributed by atoms with Crippen molar-refractivity contribution in [2.45, 2.75) is 39.3 Å². The van der Waals surface area contributed by atoms with Crippen LogP contribution >= 0.6 is 11.8 Å². The molecule has 3 rings (SSSR count).